The minimum absolute atomic E-state index is 0.305. The number of rotatable bonds is 5. The maximum atomic E-state index is 11.6. The molecular formula is C19H17NO3S. The molecule has 0 aliphatic carbocycles. The molecule has 3 rings (SSSR count). The van der Waals surface area contributed by atoms with E-state index < -0.39 is 0 Å². The molecule has 4 nitrogen and oxygen atoms in total. The highest BCUT2D eigenvalue weighted by atomic mass is 32.2. The summed E-state index contributed by atoms with van der Waals surface area (Å²) in [6.45, 7) is 1.77. The van der Waals surface area contributed by atoms with Crippen molar-refractivity contribution in [2.24, 2.45) is 0 Å². The third-order valence-corrected chi connectivity index (χ3v) is 4.42. The number of carbonyl (C=O) groups excluding carboxylic acids is 1. The highest BCUT2D eigenvalue weighted by Gasteiger charge is 2.22. The number of esters is 1. The molecule has 1 unspecified atom stereocenters. The summed E-state index contributed by atoms with van der Waals surface area (Å²) in [6, 6.07) is 19.7. The molecule has 0 aliphatic heterocycles. The molecule has 0 saturated heterocycles. The molecule has 24 heavy (non-hydrogen) atoms. The molecule has 0 amide bonds. The van der Waals surface area contributed by atoms with Crippen LogP contribution in [0.1, 0.15) is 6.92 Å². The molecule has 0 bridgehead atoms. The Bertz CT molecular complexity index is 758. The molecule has 1 aromatic heterocycles. The average Bonchev–Trinajstić information content (AvgIpc) is 3.06. The van der Waals surface area contributed by atoms with Crippen LogP contribution in [0.15, 0.2) is 70.3 Å². The fourth-order valence-corrected chi connectivity index (χ4v) is 3.06. The van der Waals surface area contributed by atoms with Crippen LogP contribution in [0, 0.1) is 0 Å². The summed E-state index contributed by atoms with van der Waals surface area (Å²) < 4.78 is 10.7. The zero-order valence-electron chi connectivity index (χ0n) is 13.4. The molecule has 2 aromatic carbocycles. The second-order valence-corrected chi connectivity index (χ2v) is 6.46. The number of hydrogen-bond donors (Lipinski definition) is 0. The van der Waals surface area contributed by atoms with Gasteiger partial charge in [0.05, 0.1) is 7.11 Å². The Kier molecular flexibility index (Phi) is 5.01. The van der Waals surface area contributed by atoms with E-state index >= 15 is 0 Å². The number of hydrogen-bond acceptors (Lipinski definition) is 5. The van der Waals surface area contributed by atoms with Gasteiger partial charge in [-0.15, -0.1) is 0 Å². The van der Waals surface area contributed by atoms with E-state index in [2.05, 4.69) is 4.98 Å². The quantitative estimate of drug-likeness (QED) is 0.500. The van der Waals surface area contributed by atoms with Crippen molar-refractivity contribution in [3.63, 3.8) is 0 Å². The first-order chi connectivity index (χ1) is 11.7. The van der Waals surface area contributed by atoms with Crippen molar-refractivity contribution in [2.75, 3.05) is 7.11 Å². The molecule has 0 aliphatic rings. The maximum absolute atomic E-state index is 11.6. The number of benzene rings is 2. The molecule has 5 heteroatoms. The van der Waals surface area contributed by atoms with Crippen LogP contribution in [0.5, 0.6) is 0 Å². The topological polar surface area (TPSA) is 52.3 Å². The van der Waals surface area contributed by atoms with Gasteiger partial charge in [-0.1, -0.05) is 72.4 Å². The van der Waals surface area contributed by atoms with Crippen molar-refractivity contribution in [3.05, 3.63) is 60.7 Å². The fourth-order valence-electron chi connectivity index (χ4n) is 2.29. The number of methoxy groups -OCH3 is 1. The van der Waals surface area contributed by atoms with Crippen LogP contribution in [0.25, 0.3) is 22.6 Å². The Hall–Kier alpha value is -2.53. The smallest absolute Gasteiger partial charge is 0.319 e. The number of nitrogens with zero attached hydrogens (tertiary/aromatic N) is 1. The second kappa shape index (κ2) is 7.36. The summed E-state index contributed by atoms with van der Waals surface area (Å²) in [7, 11) is 1.37. The fraction of sp³-hybridized carbons (Fsp3) is 0.158. The maximum Gasteiger partial charge on any atom is 0.319 e. The first-order valence-corrected chi connectivity index (χ1v) is 8.43. The van der Waals surface area contributed by atoms with Gasteiger partial charge in [-0.25, -0.2) is 4.98 Å². The predicted octanol–water partition coefficient (Wildman–Crippen LogP) is 4.66. The minimum Gasteiger partial charge on any atom is -0.468 e. The van der Waals surface area contributed by atoms with E-state index in [9.17, 15) is 4.79 Å². The Labute approximate surface area is 144 Å². The first kappa shape index (κ1) is 16.3. The number of ether oxygens (including phenoxy) is 1. The van der Waals surface area contributed by atoms with Gasteiger partial charge in [0.2, 0.25) is 0 Å². The number of thioether (sulfide) groups is 1. The Balaban J connectivity index is 2.02. The zero-order valence-corrected chi connectivity index (χ0v) is 14.2. The van der Waals surface area contributed by atoms with Gasteiger partial charge in [0.1, 0.15) is 10.9 Å². The summed E-state index contributed by atoms with van der Waals surface area (Å²) in [5.74, 6) is 0.391. The van der Waals surface area contributed by atoms with Crippen molar-refractivity contribution in [1.82, 2.24) is 4.98 Å². The summed E-state index contributed by atoms with van der Waals surface area (Å²) in [5.41, 5.74) is 2.68. The van der Waals surface area contributed by atoms with Crippen LogP contribution in [-0.4, -0.2) is 23.3 Å². The van der Waals surface area contributed by atoms with E-state index in [0.717, 1.165) is 16.8 Å². The molecule has 1 atom stereocenters. The van der Waals surface area contributed by atoms with Gasteiger partial charge in [-0.2, -0.15) is 0 Å². The van der Waals surface area contributed by atoms with Crippen LogP contribution in [0.3, 0.4) is 0 Å². The van der Waals surface area contributed by atoms with E-state index in [0.29, 0.717) is 11.0 Å². The molecule has 3 aromatic rings. The molecular weight excluding hydrogens is 322 g/mol. The Morgan fingerprint density at radius 2 is 1.62 bits per heavy atom. The van der Waals surface area contributed by atoms with E-state index in [1.54, 1.807) is 6.92 Å². The van der Waals surface area contributed by atoms with Crippen LogP contribution < -0.4 is 0 Å². The lowest BCUT2D eigenvalue weighted by molar-refractivity contribution is -0.139. The van der Waals surface area contributed by atoms with Gasteiger partial charge in [0, 0.05) is 11.1 Å². The Morgan fingerprint density at radius 1 is 1.04 bits per heavy atom. The molecule has 0 saturated carbocycles. The SMILES string of the molecule is COC(=O)C(C)Sc1nc(-c2ccccc2)c(-c2ccccc2)o1. The first-order valence-electron chi connectivity index (χ1n) is 7.55. The Morgan fingerprint density at radius 3 is 2.21 bits per heavy atom. The van der Waals surface area contributed by atoms with Gasteiger partial charge >= 0.3 is 5.97 Å². The molecule has 1 heterocycles. The zero-order chi connectivity index (χ0) is 16.9. The normalized spacial score (nSPS) is 11.9. The van der Waals surface area contributed by atoms with Crippen molar-refractivity contribution in [2.45, 2.75) is 17.4 Å². The van der Waals surface area contributed by atoms with Crippen molar-refractivity contribution >= 4 is 17.7 Å². The summed E-state index contributed by atoms with van der Waals surface area (Å²) in [6.07, 6.45) is 0. The molecule has 0 radical (unpaired) electrons. The van der Waals surface area contributed by atoms with Gasteiger partial charge in [-0.05, 0) is 6.92 Å². The van der Waals surface area contributed by atoms with Crippen molar-refractivity contribution in [3.8, 4) is 22.6 Å². The van der Waals surface area contributed by atoms with Gasteiger partial charge in [0.25, 0.3) is 5.22 Å². The van der Waals surface area contributed by atoms with Crippen molar-refractivity contribution in [1.29, 1.82) is 0 Å². The van der Waals surface area contributed by atoms with E-state index in [-0.39, 0.29) is 11.2 Å². The van der Waals surface area contributed by atoms with Gasteiger partial charge < -0.3 is 9.15 Å². The van der Waals surface area contributed by atoms with Crippen molar-refractivity contribution < 1.29 is 13.9 Å². The number of carbonyl (C=O) groups is 1. The molecule has 0 fully saturated rings. The highest BCUT2D eigenvalue weighted by Crippen LogP contribution is 2.36. The largest absolute Gasteiger partial charge is 0.468 e. The third-order valence-electron chi connectivity index (χ3n) is 3.50. The lowest BCUT2D eigenvalue weighted by Crippen LogP contribution is -2.14. The van der Waals surface area contributed by atoms with Gasteiger partial charge in [-0.3, -0.25) is 4.79 Å². The molecule has 0 N–H and O–H groups in total. The van der Waals surface area contributed by atoms with Crippen LogP contribution in [0.4, 0.5) is 0 Å². The monoisotopic (exact) mass is 339 g/mol. The van der Waals surface area contributed by atoms with Crippen LogP contribution in [-0.2, 0) is 9.53 Å². The minimum atomic E-state index is -0.388. The summed E-state index contributed by atoms with van der Waals surface area (Å²) in [4.78, 5) is 16.2. The van der Waals surface area contributed by atoms with Crippen LogP contribution in [0.2, 0.25) is 0 Å². The van der Waals surface area contributed by atoms with Crippen LogP contribution >= 0.6 is 11.8 Å². The lowest BCUT2D eigenvalue weighted by atomic mass is 10.1. The highest BCUT2D eigenvalue weighted by molar-refractivity contribution is 8.00. The third kappa shape index (κ3) is 3.51. The average molecular weight is 339 g/mol. The lowest BCUT2D eigenvalue weighted by Gasteiger charge is -2.04. The van der Waals surface area contributed by atoms with E-state index in [4.69, 9.17) is 9.15 Å². The standard InChI is InChI=1S/C19H17NO3S/c1-13(18(21)22-2)24-19-20-16(14-9-5-3-6-10-14)17(23-19)15-11-7-4-8-12-15/h3-13H,1-2H3. The summed E-state index contributed by atoms with van der Waals surface area (Å²) >= 11 is 1.25. The number of aromatic nitrogens is 1. The van der Waals surface area contributed by atoms with Gasteiger partial charge in [0.15, 0.2) is 5.76 Å². The van der Waals surface area contributed by atoms with E-state index in [1.807, 2.05) is 60.7 Å². The van der Waals surface area contributed by atoms with E-state index in [1.165, 1.54) is 18.9 Å². The summed E-state index contributed by atoms with van der Waals surface area (Å²) in [5, 5.41) is 0.0616. The number of oxazole rings is 1. The molecule has 0 spiro atoms. The predicted molar refractivity (Wildman–Crippen MR) is 94.7 cm³/mol. The second-order valence-electron chi connectivity index (χ2n) is 5.17. The molecule has 122 valence electrons.